The zero-order chi connectivity index (χ0) is 28.9. The van der Waals surface area contributed by atoms with Crippen LogP contribution < -0.4 is 15.0 Å². The lowest BCUT2D eigenvalue weighted by molar-refractivity contribution is -0.137. The Balaban J connectivity index is 1.37. The monoisotopic (exact) mass is 573 g/mol. The molecule has 1 fully saturated rings. The zero-order valence-corrected chi connectivity index (χ0v) is 22.2. The number of anilines is 1. The second-order valence-corrected chi connectivity index (χ2v) is 11.4. The highest BCUT2D eigenvalue weighted by Gasteiger charge is 2.35. The smallest absolute Gasteiger partial charge is 0.416 e. The van der Waals surface area contributed by atoms with Gasteiger partial charge in [0.15, 0.2) is 9.84 Å². The molecular weight excluding hydrogens is 547 g/mol. The molecule has 9 nitrogen and oxygen atoms in total. The lowest BCUT2D eigenvalue weighted by Gasteiger charge is -2.22. The van der Waals surface area contributed by atoms with Crippen molar-refractivity contribution in [1.82, 2.24) is 15.3 Å². The minimum absolute atomic E-state index is 0.000593. The van der Waals surface area contributed by atoms with Crippen molar-refractivity contribution in [2.45, 2.75) is 49.5 Å². The molecule has 3 aromatic rings. The Bertz CT molecular complexity index is 1470. The molecule has 2 atom stereocenters. The average molecular weight is 574 g/mol. The fourth-order valence-electron chi connectivity index (χ4n) is 4.27. The van der Waals surface area contributed by atoms with E-state index in [0.717, 1.165) is 17.7 Å². The normalized spacial score (nSPS) is 17.3. The summed E-state index contributed by atoms with van der Waals surface area (Å²) in [5.41, 5.74) is 0.159. The minimum atomic E-state index is -4.44. The number of sulfone groups is 1. The molecule has 0 radical (unpaired) electrons. The molecule has 1 N–H and O–H groups in total. The maximum absolute atomic E-state index is 12.8. The van der Waals surface area contributed by atoms with E-state index in [2.05, 4.69) is 21.4 Å². The van der Waals surface area contributed by atoms with Crippen LogP contribution in [0.25, 0.3) is 0 Å². The first-order chi connectivity index (χ1) is 19.0. The van der Waals surface area contributed by atoms with Crippen molar-refractivity contribution >= 4 is 21.7 Å². The number of nitrogens with one attached hydrogen (secondary N) is 1. The van der Waals surface area contributed by atoms with Crippen LogP contribution in [0.3, 0.4) is 0 Å². The van der Waals surface area contributed by atoms with Gasteiger partial charge in [0, 0.05) is 31.4 Å². The van der Waals surface area contributed by atoms with Crippen molar-refractivity contribution in [2.75, 3.05) is 17.2 Å². The number of carbonyl (C=O) groups is 1. The van der Waals surface area contributed by atoms with Crippen molar-refractivity contribution in [2.24, 2.45) is 0 Å². The maximum Gasteiger partial charge on any atom is 0.416 e. The lowest BCUT2D eigenvalue weighted by Crippen LogP contribution is -2.32. The van der Waals surface area contributed by atoms with Crippen molar-refractivity contribution < 1.29 is 31.1 Å². The quantitative estimate of drug-likeness (QED) is 0.405. The average Bonchev–Trinajstić information content (AvgIpc) is 3.34. The number of nitrogens with zero attached hydrogens (tertiary/aromatic N) is 4. The third-order valence-electron chi connectivity index (χ3n) is 6.46. The number of aromatic nitrogens is 2. The van der Waals surface area contributed by atoms with Crippen LogP contribution in [0.15, 0.2) is 65.8 Å². The molecule has 0 aliphatic carbocycles. The van der Waals surface area contributed by atoms with Gasteiger partial charge in [-0.25, -0.2) is 18.4 Å². The molecule has 1 aromatic heterocycles. The molecule has 210 valence electrons. The van der Waals surface area contributed by atoms with E-state index in [1.807, 2.05) is 0 Å². The van der Waals surface area contributed by atoms with Gasteiger partial charge in [-0.3, -0.25) is 4.79 Å². The van der Waals surface area contributed by atoms with Gasteiger partial charge in [-0.15, -0.1) is 0 Å². The molecule has 2 aromatic carbocycles. The second-order valence-electron chi connectivity index (χ2n) is 9.17. The molecule has 0 saturated carbocycles. The summed E-state index contributed by atoms with van der Waals surface area (Å²) in [5.74, 6) is 0.157. The molecule has 1 amide bonds. The van der Waals surface area contributed by atoms with Crippen LogP contribution in [0.2, 0.25) is 0 Å². The Kier molecular flexibility index (Phi) is 8.58. The van der Waals surface area contributed by atoms with Crippen LogP contribution in [0, 0.1) is 11.3 Å². The molecule has 0 bridgehead atoms. The van der Waals surface area contributed by atoms with Crippen LogP contribution in [0.4, 0.5) is 19.1 Å². The summed E-state index contributed by atoms with van der Waals surface area (Å²) in [6.45, 7) is 2.05. The molecule has 4 rings (SSSR count). The summed E-state index contributed by atoms with van der Waals surface area (Å²) in [4.78, 5) is 23.2. The van der Waals surface area contributed by atoms with E-state index in [4.69, 9.17) is 4.74 Å². The van der Waals surface area contributed by atoms with Crippen LogP contribution >= 0.6 is 0 Å². The number of hydrogen-bond donors (Lipinski definition) is 1. The minimum Gasteiger partial charge on any atom is -0.489 e. The Labute approximate surface area is 229 Å². The number of hydrogen-bond acceptors (Lipinski definition) is 8. The molecule has 0 spiro atoms. The molecule has 0 unspecified atom stereocenters. The third kappa shape index (κ3) is 6.87. The summed E-state index contributed by atoms with van der Waals surface area (Å²) in [7, 11) is -3.31. The first kappa shape index (κ1) is 28.8. The highest BCUT2D eigenvalue weighted by molar-refractivity contribution is 7.91. The SMILES string of the molecule is CCS(=O)(=O)c1ccc(CNC(=O)c2cnc(N3C[C@H](Oc4ccc(C(F)(F)F)cc4)C[C@H]3CC#N)nc2)cc1. The number of halogens is 3. The van der Waals surface area contributed by atoms with Gasteiger partial charge in [-0.2, -0.15) is 18.4 Å². The number of nitriles is 1. The van der Waals surface area contributed by atoms with E-state index in [1.54, 1.807) is 24.0 Å². The molecule has 2 heterocycles. The van der Waals surface area contributed by atoms with E-state index in [9.17, 15) is 31.6 Å². The standard InChI is InChI=1S/C27H26F3N5O4S/c1-2-40(37,38)24-9-3-18(4-10-24)14-32-25(36)19-15-33-26(34-16-19)35-17-23(13-21(35)11-12-31)39-22-7-5-20(6-8-22)27(28,29)30/h3-10,15-16,21,23H,2,11,13-14,17H2,1H3,(H,32,36)/t21-,23-/m1/s1. The van der Waals surface area contributed by atoms with Gasteiger partial charge in [0.05, 0.1) is 40.8 Å². The second kappa shape index (κ2) is 11.9. The van der Waals surface area contributed by atoms with E-state index in [0.29, 0.717) is 18.9 Å². The van der Waals surface area contributed by atoms with Crippen molar-refractivity contribution in [3.05, 3.63) is 77.6 Å². The van der Waals surface area contributed by atoms with Gasteiger partial charge in [0.1, 0.15) is 11.9 Å². The third-order valence-corrected chi connectivity index (χ3v) is 8.21. The topological polar surface area (TPSA) is 125 Å². The molecule has 13 heteroatoms. The van der Waals surface area contributed by atoms with E-state index >= 15 is 0 Å². The Hall–Kier alpha value is -4.18. The molecule has 40 heavy (non-hydrogen) atoms. The van der Waals surface area contributed by atoms with Crippen LogP contribution in [-0.4, -0.2) is 48.7 Å². The van der Waals surface area contributed by atoms with Crippen LogP contribution in [0.1, 0.15) is 41.3 Å². The fraction of sp³-hybridized carbons (Fsp3) is 0.333. The van der Waals surface area contributed by atoms with Crippen molar-refractivity contribution in [3.63, 3.8) is 0 Å². The van der Waals surface area contributed by atoms with E-state index in [-0.39, 0.29) is 41.0 Å². The van der Waals surface area contributed by atoms with E-state index < -0.39 is 33.6 Å². The van der Waals surface area contributed by atoms with Crippen molar-refractivity contribution in [1.29, 1.82) is 5.26 Å². The fourth-order valence-corrected chi connectivity index (χ4v) is 5.15. The lowest BCUT2D eigenvalue weighted by atomic mass is 10.1. The number of alkyl halides is 3. The Morgan fingerprint density at radius 3 is 2.35 bits per heavy atom. The van der Waals surface area contributed by atoms with Crippen LogP contribution in [-0.2, 0) is 22.6 Å². The van der Waals surface area contributed by atoms with Gasteiger partial charge in [0.2, 0.25) is 5.95 Å². The largest absolute Gasteiger partial charge is 0.489 e. The summed E-state index contributed by atoms with van der Waals surface area (Å²) >= 11 is 0. The maximum atomic E-state index is 12.8. The zero-order valence-electron chi connectivity index (χ0n) is 21.4. The first-order valence-corrected chi connectivity index (χ1v) is 14.0. The summed E-state index contributed by atoms with van der Waals surface area (Å²) in [5, 5.41) is 12.0. The first-order valence-electron chi connectivity index (χ1n) is 12.4. The highest BCUT2D eigenvalue weighted by Crippen LogP contribution is 2.32. The summed E-state index contributed by atoms with van der Waals surface area (Å²) in [6.07, 6.45) is -1.51. The molecule has 1 aliphatic rings. The van der Waals surface area contributed by atoms with Gasteiger partial charge < -0.3 is 15.0 Å². The Morgan fingerprint density at radius 2 is 1.77 bits per heavy atom. The van der Waals surface area contributed by atoms with Gasteiger partial charge in [-0.1, -0.05) is 19.1 Å². The summed E-state index contributed by atoms with van der Waals surface area (Å²) < 4.78 is 68.2. The molecule has 1 saturated heterocycles. The number of ether oxygens (including phenoxy) is 1. The molecular formula is C27H26F3N5O4S. The van der Waals surface area contributed by atoms with Gasteiger partial charge in [-0.05, 0) is 42.0 Å². The number of rotatable bonds is 9. The van der Waals surface area contributed by atoms with Gasteiger partial charge >= 0.3 is 6.18 Å². The number of benzene rings is 2. The predicted molar refractivity (Wildman–Crippen MR) is 139 cm³/mol. The number of amides is 1. The number of carbonyl (C=O) groups excluding carboxylic acids is 1. The van der Waals surface area contributed by atoms with E-state index in [1.165, 1.54) is 36.7 Å². The summed E-state index contributed by atoms with van der Waals surface area (Å²) in [6, 6.07) is 12.5. The molecule has 1 aliphatic heterocycles. The van der Waals surface area contributed by atoms with Crippen LogP contribution in [0.5, 0.6) is 5.75 Å². The highest BCUT2D eigenvalue weighted by atomic mass is 32.2. The Morgan fingerprint density at radius 1 is 1.12 bits per heavy atom. The predicted octanol–water partition coefficient (Wildman–Crippen LogP) is 4.16. The van der Waals surface area contributed by atoms with Gasteiger partial charge in [0.25, 0.3) is 5.91 Å². The van der Waals surface area contributed by atoms with Crippen molar-refractivity contribution in [3.8, 4) is 11.8 Å².